The van der Waals surface area contributed by atoms with Gasteiger partial charge in [-0.25, -0.2) is 0 Å². The van der Waals surface area contributed by atoms with Crippen LogP contribution in [0.1, 0.15) is 13.8 Å². The van der Waals surface area contributed by atoms with E-state index in [1.54, 1.807) is 0 Å². The molecule has 8 heteroatoms. The first-order valence-electron chi connectivity index (χ1n) is 4.73. The normalized spacial score (nSPS) is 13.4. The topological polar surface area (TPSA) is 117 Å². The van der Waals surface area contributed by atoms with E-state index in [1.807, 2.05) is 0 Å². The van der Waals surface area contributed by atoms with Gasteiger partial charge in [-0.1, -0.05) is 10.4 Å². The molecule has 2 atom stereocenters. The average Bonchev–Trinajstić information content (AvgIpc) is 2.31. The predicted octanol–water partition coefficient (Wildman–Crippen LogP) is -0.471. The second kappa shape index (κ2) is 7.43. The fourth-order valence-corrected chi connectivity index (χ4v) is 0.763. The van der Waals surface area contributed by atoms with E-state index in [0.29, 0.717) is 0 Å². The molecule has 0 saturated heterocycles. The lowest BCUT2D eigenvalue weighted by Gasteiger charge is -2.08. The van der Waals surface area contributed by atoms with Crippen LogP contribution in [0.25, 0.3) is 0 Å². The van der Waals surface area contributed by atoms with Gasteiger partial charge in [0.1, 0.15) is 0 Å². The SMILES string of the molecule is CC(N=O)C(=O)NCCNC(=O)C(C)N=O. The van der Waals surface area contributed by atoms with Gasteiger partial charge in [0.2, 0.25) is 11.8 Å². The van der Waals surface area contributed by atoms with Crippen molar-refractivity contribution in [1.82, 2.24) is 10.6 Å². The Morgan fingerprint density at radius 1 is 0.938 bits per heavy atom. The van der Waals surface area contributed by atoms with Crippen molar-refractivity contribution in [3.8, 4) is 0 Å². The van der Waals surface area contributed by atoms with Crippen molar-refractivity contribution in [3.05, 3.63) is 9.81 Å². The molecule has 2 amide bonds. The van der Waals surface area contributed by atoms with Gasteiger partial charge in [0.05, 0.1) is 0 Å². The summed E-state index contributed by atoms with van der Waals surface area (Å²) in [4.78, 5) is 42.0. The van der Waals surface area contributed by atoms with Crippen molar-refractivity contribution < 1.29 is 9.59 Å². The number of hydrogen-bond donors (Lipinski definition) is 2. The van der Waals surface area contributed by atoms with Crippen LogP contribution in [0.3, 0.4) is 0 Å². The number of amides is 2. The summed E-state index contributed by atoms with van der Waals surface area (Å²) in [6.07, 6.45) is 0. The zero-order valence-electron chi connectivity index (χ0n) is 9.10. The Hall–Kier alpha value is -1.86. The van der Waals surface area contributed by atoms with E-state index in [-0.39, 0.29) is 13.1 Å². The van der Waals surface area contributed by atoms with Crippen LogP contribution in [0.2, 0.25) is 0 Å². The van der Waals surface area contributed by atoms with Gasteiger partial charge in [0.25, 0.3) is 0 Å². The molecule has 0 aromatic carbocycles. The van der Waals surface area contributed by atoms with Crippen LogP contribution in [-0.2, 0) is 9.59 Å². The molecular formula is C8H14N4O4. The molecule has 0 saturated carbocycles. The van der Waals surface area contributed by atoms with Crippen molar-refractivity contribution in [2.24, 2.45) is 10.4 Å². The molecule has 0 radical (unpaired) electrons. The summed E-state index contributed by atoms with van der Waals surface area (Å²) < 4.78 is 0. The van der Waals surface area contributed by atoms with Gasteiger partial charge in [-0.2, -0.15) is 0 Å². The van der Waals surface area contributed by atoms with E-state index in [2.05, 4.69) is 21.0 Å². The first-order chi connectivity index (χ1) is 7.52. The molecule has 0 aliphatic rings. The fraction of sp³-hybridized carbons (Fsp3) is 0.750. The molecule has 0 aromatic heterocycles. The van der Waals surface area contributed by atoms with Gasteiger partial charge in [-0.3, -0.25) is 9.59 Å². The lowest BCUT2D eigenvalue weighted by Crippen LogP contribution is -2.40. The monoisotopic (exact) mass is 230 g/mol. The number of nitrogens with zero attached hydrogens (tertiary/aromatic N) is 2. The maximum atomic E-state index is 11.0. The van der Waals surface area contributed by atoms with E-state index in [4.69, 9.17) is 0 Å². The molecular weight excluding hydrogens is 216 g/mol. The van der Waals surface area contributed by atoms with Crippen LogP contribution in [0.5, 0.6) is 0 Å². The summed E-state index contributed by atoms with van der Waals surface area (Å²) in [5.41, 5.74) is 0. The lowest BCUT2D eigenvalue weighted by atomic mass is 10.3. The van der Waals surface area contributed by atoms with Gasteiger partial charge in [-0.05, 0) is 13.8 Å². The minimum Gasteiger partial charge on any atom is -0.352 e. The minimum atomic E-state index is -0.953. The number of nitrogens with one attached hydrogen (secondary N) is 2. The first kappa shape index (κ1) is 14.1. The van der Waals surface area contributed by atoms with Gasteiger partial charge in [0, 0.05) is 13.1 Å². The highest BCUT2D eigenvalue weighted by Gasteiger charge is 2.13. The van der Waals surface area contributed by atoms with Gasteiger partial charge < -0.3 is 10.6 Å². The van der Waals surface area contributed by atoms with Crippen molar-refractivity contribution >= 4 is 11.8 Å². The maximum absolute atomic E-state index is 11.0. The molecule has 16 heavy (non-hydrogen) atoms. The zero-order chi connectivity index (χ0) is 12.6. The molecule has 2 N–H and O–H groups in total. The second-order valence-electron chi connectivity index (χ2n) is 3.14. The Labute approximate surface area is 92.1 Å². The lowest BCUT2D eigenvalue weighted by molar-refractivity contribution is -0.123. The van der Waals surface area contributed by atoms with Crippen molar-refractivity contribution in [2.75, 3.05) is 13.1 Å². The Kier molecular flexibility index (Phi) is 6.57. The first-order valence-corrected chi connectivity index (χ1v) is 4.73. The molecule has 0 aliphatic carbocycles. The van der Waals surface area contributed by atoms with Crippen molar-refractivity contribution in [3.63, 3.8) is 0 Å². The van der Waals surface area contributed by atoms with Crippen molar-refractivity contribution in [1.29, 1.82) is 0 Å². The third-order valence-electron chi connectivity index (χ3n) is 1.80. The number of carbonyl (C=O) groups is 2. The molecule has 0 aromatic rings. The van der Waals surface area contributed by atoms with Gasteiger partial charge in [-0.15, -0.1) is 9.81 Å². The largest absolute Gasteiger partial charge is 0.352 e. The zero-order valence-corrected chi connectivity index (χ0v) is 9.10. The third-order valence-corrected chi connectivity index (χ3v) is 1.80. The average molecular weight is 230 g/mol. The van der Waals surface area contributed by atoms with Crippen LogP contribution in [0, 0.1) is 9.81 Å². The standard InChI is InChI=1S/C8H14N4O4/c1-5(11-15)7(13)9-3-4-10-8(14)6(2)12-16/h5-6H,3-4H2,1-2H3,(H,9,13)(H,10,14). The third kappa shape index (κ3) is 5.13. The summed E-state index contributed by atoms with van der Waals surface area (Å²) in [7, 11) is 0. The Bertz CT molecular complexity index is 253. The van der Waals surface area contributed by atoms with Gasteiger partial charge in [0.15, 0.2) is 12.1 Å². The van der Waals surface area contributed by atoms with Crippen LogP contribution in [0.15, 0.2) is 10.4 Å². The highest BCUT2D eigenvalue weighted by Crippen LogP contribution is 1.88. The molecule has 90 valence electrons. The number of hydrogen-bond acceptors (Lipinski definition) is 6. The predicted molar refractivity (Wildman–Crippen MR) is 56.5 cm³/mol. The molecule has 8 nitrogen and oxygen atoms in total. The Morgan fingerprint density at radius 3 is 1.50 bits per heavy atom. The Morgan fingerprint density at radius 2 is 1.25 bits per heavy atom. The molecule has 0 fully saturated rings. The summed E-state index contributed by atoms with van der Waals surface area (Å²) in [6, 6.07) is -1.91. The van der Waals surface area contributed by atoms with Crippen LogP contribution < -0.4 is 10.6 Å². The van der Waals surface area contributed by atoms with E-state index in [9.17, 15) is 19.4 Å². The molecule has 0 rings (SSSR count). The number of carbonyl (C=O) groups excluding carboxylic acids is 2. The van der Waals surface area contributed by atoms with E-state index in [1.165, 1.54) is 13.8 Å². The van der Waals surface area contributed by atoms with E-state index >= 15 is 0 Å². The van der Waals surface area contributed by atoms with Crippen LogP contribution in [0.4, 0.5) is 0 Å². The molecule has 0 aliphatic heterocycles. The fourth-order valence-electron chi connectivity index (χ4n) is 0.763. The number of nitroso groups, excluding NO2 is 2. The summed E-state index contributed by atoms with van der Waals surface area (Å²) in [6.45, 7) is 3.05. The minimum absolute atomic E-state index is 0.163. The maximum Gasteiger partial charge on any atom is 0.248 e. The molecule has 0 heterocycles. The molecule has 0 spiro atoms. The van der Waals surface area contributed by atoms with Gasteiger partial charge >= 0.3 is 0 Å². The molecule has 2 unspecified atom stereocenters. The smallest absolute Gasteiger partial charge is 0.248 e. The van der Waals surface area contributed by atoms with E-state index in [0.717, 1.165) is 0 Å². The summed E-state index contributed by atoms with van der Waals surface area (Å²) in [5, 5.41) is 9.86. The summed E-state index contributed by atoms with van der Waals surface area (Å²) in [5.74, 6) is -1.02. The van der Waals surface area contributed by atoms with E-state index < -0.39 is 23.9 Å². The summed E-state index contributed by atoms with van der Waals surface area (Å²) >= 11 is 0. The highest BCUT2D eigenvalue weighted by molar-refractivity contribution is 5.82. The van der Waals surface area contributed by atoms with Crippen LogP contribution in [-0.4, -0.2) is 37.0 Å². The second-order valence-corrected chi connectivity index (χ2v) is 3.14. The molecule has 0 bridgehead atoms. The van der Waals surface area contributed by atoms with Crippen LogP contribution >= 0.6 is 0 Å². The van der Waals surface area contributed by atoms with Crippen molar-refractivity contribution in [2.45, 2.75) is 25.9 Å². The quantitative estimate of drug-likeness (QED) is 0.454. The highest BCUT2D eigenvalue weighted by atomic mass is 16.3. The number of rotatable bonds is 7. The Balaban J connectivity index is 3.68.